The van der Waals surface area contributed by atoms with Crippen LogP contribution in [-0.2, 0) is 4.74 Å². The molecule has 0 bridgehead atoms. The summed E-state index contributed by atoms with van der Waals surface area (Å²) in [6.45, 7) is 0. The number of esters is 1. The molecule has 0 unspecified atom stereocenters. The van der Waals surface area contributed by atoms with E-state index in [0.29, 0.717) is 0 Å². The van der Waals surface area contributed by atoms with Crippen LogP contribution < -0.4 is 0 Å². The van der Waals surface area contributed by atoms with Crippen LogP contribution >= 0.6 is 0 Å². The second kappa shape index (κ2) is 4.89. The number of nitrogens with zero attached hydrogens (tertiary/aromatic N) is 1. The van der Waals surface area contributed by atoms with Gasteiger partial charge in [0, 0.05) is 5.56 Å². The fraction of sp³-hybridized carbons (Fsp3) is 0.0833. The van der Waals surface area contributed by atoms with Crippen molar-refractivity contribution in [3.63, 3.8) is 0 Å². The Balaban J connectivity index is 2.40. The predicted molar refractivity (Wildman–Crippen MR) is 62.3 cm³/mol. The van der Waals surface area contributed by atoms with E-state index in [9.17, 15) is 14.0 Å². The molecule has 0 amide bonds. The van der Waals surface area contributed by atoms with Crippen LogP contribution in [0.3, 0.4) is 0 Å². The minimum atomic E-state index is -1.19. The number of H-pyrrole nitrogens is 1. The summed E-state index contributed by atoms with van der Waals surface area (Å²) in [4.78, 5) is 21.9. The van der Waals surface area contributed by atoms with Crippen molar-refractivity contribution in [2.45, 2.75) is 0 Å². The van der Waals surface area contributed by atoms with E-state index in [-0.39, 0.29) is 22.5 Å². The van der Waals surface area contributed by atoms with E-state index < -0.39 is 17.8 Å². The van der Waals surface area contributed by atoms with Crippen molar-refractivity contribution in [3.05, 3.63) is 41.3 Å². The van der Waals surface area contributed by atoms with Crippen LogP contribution in [0.5, 0.6) is 0 Å². The summed E-state index contributed by atoms with van der Waals surface area (Å²) in [5.41, 5.74) is 0.159. The van der Waals surface area contributed by atoms with Crippen molar-refractivity contribution in [1.82, 2.24) is 10.2 Å². The normalized spacial score (nSPS) is 10.2. The van der Waals surface area contributed by atoms with Crippen LogP contribution in [-0.4, -0.2) is 34.4 Å². The fourth-order valence-corrected chi connectivity index (χ4v) is 1.54. The molecule has 19 heavy (non-hydrogen) atoms. The Bertz CT molecular complexity index is 651. The lowest BCUT2D eigenvalue weighted by Crippen LogP contribution is -2.02. The number of carboxylic acids is 1. The molecule has 0 radical (unpaired) electrons. The zero-order valence-electron chi connectivity index (χ0n) is 9.81. The third kappa shape index (κ3) is 2.44. The van der Waals surface area contributed by atoms with Gasteiger partial charge in [-0.3, -0.25) is 5.10 Å². The number of carboxylic acid groups (broad SMARTS) is 1. The maximum Gasteiger partial charge on any atom is 0.353 e. The Hall–Kier alpha value is -2.70. The molecular weight excluding hydrogens is 255 g/mol. The number of aromatic nitrogens is 2. The molecule has 0 spiro atoms. The molecule has 98 valence electrons. The molecule has 7 heteroatoms. The topological polar surface area (TPSA) is 92.3 Å². The van der Waals surface area contributed by atoms with Gasteiger partial charge in [-0.15, -0.1) is 0 Å². The van der Waals surface area contributed by atoms with E-state index in [1.165, 1.54) is 25.3 Å². The van der Waals surface area contributed by atoms with Gasteiger partial charge in [-0.25, -0.2) is 14.0 Å². The van der Waals surface area contributed by atoms with Gasteiger partial charge in [-0.2, -0.15) is 5.10 Å². The summed E-state index contributed by atoms with van der Waals surface area (Å²) in [7, 11) is 1.20. The Kier molecular flexibility index (Phi) is 3.28. The average molecular weight is 264 g/mol. The average Bonchev–Trinajstić information content (AvgIpc) is 2.87. The number of halogens is 1. The molecule has 0 aliphatic rings. The van der Waals surface area contributed by atoms with E-state index >= 15 is 0 Å². The number of rotatable bonds is 3. The Labute approximate surface area is 106 Å². The van der Waals surface area contributed by atoms with Crippen LogP contribution in [0.2, 0.25) is 0 Å². The second-order valence-electron chi connectivity index (χ2n) is 3.66. The summed E-state index contributed by atoms with van der Waals surface area (Å²) < 4.78 is 18.3. The largest absolute Gasteiger partial charge is 0.477 e. The van der Waals surface area contributed by atoms with Gasteiger partial charge in [0.15, 0.2) is 0 Å². The highest BCUT2D eigenvalue weighted by atomic mass is 19.1. The summed E-state index contributed by atoms with van der Waals surface area (Å²) in [6.07, 6.45) is 0. The lowest BCUT2D eigenvalue weighted by Gasteiger charge is -2.02. The number of aromatic carboxylic acids is 1. The van der Waals surface area contributed by atoms with Gasteiger partial charge in [0.25, 0.3) is 0 Å². The molecule has 0 saturated carbocycles. The van der Waals surface area contributed by atoms with E-state index in [1.807, 2.05) is 0 Å². The number of hydrogen-bond donors (Lipinski definition) is 2. The zero-order chi connectivity index (χ0) is 14.0. The number of carbonyl (C=O) groups excluding carboxylic acids is 1. The van der Waals surface area contributed by atoms with Gasteiger partial charge >= 0.3 is 11.9 Å². The highest BCUT2D eigenvalue weighted by molar-refractivity contribution is 5.90. The van der Waals surface area contributed by atoms with Crippen LogP contribution in [0.1, 0.15) is 20.8 Å². The number of aromatic amines is 1. The summed E-state index contributed by atoms with van der Waals surface area (Å²) in [6, 6.07) is 4.93. The molecule has 0 fully saturated rings. The summed E-state index contributed by atoms with van der Waals surface area (Å²) >= 11 is 0. The number of benzene rings is 1. The van der Waals surface area contributed by atoms with Crippen molar-refractivity contribution < 1.29 is 23.8 Å². The van der Waals surface area contributed by atoms with Crippen molar-refractivity contribution in [1.29, 1.82) is 0 Å². The SMILES string of the molecule is COC(=O)c1ccc(-c2cc(C(=O)O)[nH]n2)c(F)c1. The number of ether oxygens (including phenoxy) is 1. The van der Waals surface area contributed by atoms with Crippen molar-refractivity contribution in [3.8, 4) is 11.3 Å². The van der Waals surface area contributed by atoms with E-state index in [4.69, 9.17) is 5.11 Å². The number of carbonyl (C=O) groups is 2. The standard InChI is InChI=1S/C12H9FN2O4/c1-19-12(18)6-2-3-7(8(13)4-6)9-5-10(11(16)17)15-14-9/h2-5H,1H3,(H,14,15)(H,16,17). The van der Waals surface area contributed by atoms with E-state index in [0.717, 1.165) is 6.07 Å². The molecule has 1 aromatic carbocycles. The van der Waals surface area contributed by atoms with Crippen LogP contribution in [0.15, 0.2) is 24.3 Å². The van der Waals surface area contributed by atoms with E-state index in [2.05, 4.69) is 14.9 Å². The van der Waals surface area contributed by atoms with Crippen LogP contribution in [0, 0.1) is 5.82 Å². The molecule has 2 rings (SSSR count). The minimum absolute atomic E-state index is 0.0674. The minimum Gasteiger partial charge on any atom is -0.477 e. The lowest BCUT2D eigenvalue weighted by atomic mass is 10.1. The first kappa shape index (κ1) is 12.7. The fourth-order valence-electron chi connectivity index (χ4n) is 1.54. The van der Waals surface area contributed by atoms with Gasteiger partial charge in [-0.05, 0) is 24.3 Å². The third-order valence-corrected chi connectivity index (χ3v) is 2.47. The van der Waals surface area contributed by atoms with Crippen LogP contribution in [0.25, 0.3) is 11.3 Å². The van der Waals surface area contributed by atoms with Crippen molar-refractivity contribution in [2.75, 3.05) is 7.11 Å². The highest BCUT2D eigenvalue weighted by Crippen LogP contribution is 2.22. The first-order chi connectivity index (χ1) is 9.02. The molecule has 0 aliphatic heterocycles. The third-order valence-electron chi connectivity index (χ3n) is 2.47. The smallest absolute Gasteiger partial charge is 0.353 e. The second-order valence-corrected chi connectivity index (χ2v) is 3.66. The molecule has 0 aliphatic carbocycles. The van der Waals surface area contributed by atoms with Crippen molar-refractivity contribution in [2.24, 2.45) is 0 Å². The van der Waals surface area contributed by atoms with Crippen molar-refractivity contribution >= 4 is 11.9 Å². The van der Waals surface area contributed by atoms with Gasteiger partial charge in [-0.1, -0.05) is 0 Å². The molecule has 1 heterocycles. The first-order valence-corrected chi connectivity index (χ1v) is 5.20. The molecular formula is C12H9FN2O4. The molecule has 2 N–H and O–H groups in total. The number of hydrogen-bond acceptors (Lipinski definition) is 4. The van der Waals surface area contributed by atoms with Gasteiger partial charge in [0.05, 0.1) is 18.4 Å². The maximum absolute atomic E-state index is 13.8. The molecule has 1 aromatic heterocycles. The quantitative estimate of drug-likeness (QED) is 0.823. The number of methoxy groups -OCH3 is 1. The summed E-state index contributed by atoms with van der Waals surface area (Å²) in [5.74, 6) is -2.53. The van der Waals surface area contributed by atoms with E-state index in [1.54, 1.807) is 0 Å². The monoisotopic (exact) mass is 264 g/mol. The van der Waals surface area contributed by atoms with Gasteiger partial charge in [0.1, 0.15) is 11.5 Å². The Morgan fingerprint density at radius 3 is 2.63 bits per heavy atom. The highest BCUT2D eigenvalue weighted by Gasteiger charge is 2.15. The maximum atomic E-state index is 13.8. The van der Waals surface area contributed by atoms with Gasteiger partial charge < -0.3 is 9.84 Å². The Morgan fingerprint density at radius 1 is 1.37 bits per heavy atom. The van der Waals surface area contributed by atoms with Crippen LogP contribution in [0.4, 0.5) is 4.39 Å². The Morgan fingerprint density at radius 2 is 2.11 bits per heavy atom. The zero-order valence-corrected chi connectivity index (χ0v) is 9.81. The van der Waals surface area contributed by atoms with Gasteiger partial charge in [0.2, 0.25) is 0 Å². The summed E-state index contributed by atoms with van der Waals surface area (Å²) in [5, 5.41) is 14.7. The molecule has 2 aromatic rings. The lowest BCUT2D eigenvalue weighted by molar-refractivity contribution is 0.0599. The predicted octanol–water partition coefficient (Wildman–Crippen LogP) is 1.70. The number of nitrogens with one attached hydrogen (secondary N) is 1. The molecule has 0 saturated heterocycles. The molecule has 6 nitrogen and oxygen atoms in total. The molecule has 0 atom stereocenters. The first-order valence-electron chi connectivity index (χ1n) is 5.20.